The second kappa shape index (κ2) is 7.43. The number of hydrogen-bond donors (Lipinski definition) is 0. The Bertz CT molecular complexity index is 477. The van der Waals surface area contributed by atoms with Gasteiger partial charge in [0.2, 0.25) is 5.91 Å². The molecule has 0 radical (unpaired) electrons. The summed E-state index contributed by atoms with van der Waals surface area (Å²) in [5.41, 5.74) is 0.991. The van der Waals surface area contributed by atoms with E-state index in [0.717, 1.165) is 11.3 Å². The normalized spacial score (nSPS) is 22.1. The number of methoxy groups -OCH3 is 1. The summed E-state index contributed by atoms with van der Waals surface area (Å²) < 4.78 is 16.2. The molecule has 2 atom stereocenters. The van der Waals surface area contributed by atoms with E-state index in [2.05, 4.69) is 0 Å². The zero-order valence-electron chi connectivity index (χ0n) is 12.9. The predicted molar refractivity (Wildman–Crippen MR) is 79.2 cm³/mol. The number of carbonyl (C=O) groups is 1. The molecule has 1 aliphatic heterocycles. The number of amides is 1. The Labute approximate surface area is 125 Å². The van der Waals surface area contributed by atoms with Crippen molar-refractivity contribution in [3.8, 4) is 5.75 Å². The van der Waals surface area contributed by atoms with Crippen LogP contribution in [0, 0.1) is 0 Å². The molecule has 1 fully saturated rings. The molecule has 0 N–H and O–H groups in total. The Kier molecular flexibility index (Phi) is 5.59. The van der Waals surface area contributed by atoms with Gasteiger partial charge in [0.1, 0.15) is 12.4 Å². The highest BCUT2D eigenvalue weighted by Crippen LogP contribution is 2.14. The molecule has 1 aromatic rings. The number of hydrogen-bond acceptors (Lipinski definition) is 4. The van der Waals surface area contributed by atoms with E-state index in [1.165, 1.54) is 0 Å². The van der Waals surface area contributed by atoms with Crippen LogP contribution in [0.3, 0.4) is 0 Å². The number of benzene rings is 1. The molecule has 5 heteroatoms. The molecule has 0 saturated carbocycles. The van der Waals surface area contributed by atoms with Crippen LogP contribution in [0.2, 0.25) is 0 Å². The van der Waals surface area contributed by atoms with Gasteiger partial charge in [-0.3, -0.25) is 4.79 Å². The van der Waals surface area contributed by atoms with Gasteiger partial charge < -0.3 is 19.1 Å². The lowest BCUT2D eigenvalue weighted by Gasteiger charge is -2.36. The van der Waals surface area contributed by atoms with Crippen LogP contribution in [0.25, 0.3) is 0 Å². The highest BCUT2D eigenvalue weighted by Gasteiger charge is 2.27. The zero-order chi connectivity index (χ0) is 15.2. The van der Waals surface area contributed by atoms with E-state index in [4.69, 9.17) is 14.2 Å². The Morgan fingerprint density at radius 2 is 2.24 bits per heavy atom. The van der Waals surface area contributed by atoms with E-state index in [-0.39, 0.29) is 24.7 Å². The zero-order valence-corrected chi connectivity index (χ0v) is 12.9. The van der Waals surface area contributed by atoms with Crippen molar-refractivity contribution in [3.05, 3.63) is 29.8 Å². The van der Waals surface area contributed by atoms with Gasteiger partial charge in [0.15, 0.2) is 0 Å². The molecule has 1 aliphatic rings. The highest BCUT2D eigenvalue weighted by atomic mass is 16.5. The number of carbonyl (C=O) groups excluding carboxylic acids is 1. The predicted octanol–water partition coefficient (Wildman–Crippen LogP) is 1.85. The van der Waals surface area contributed by atoms with Gasteiger partial charge in [0.25, 0.3) is 0 Å². The highest BCUT2D eigenvalue weighted by molar-refractivity contribution is 5.77. The fourth-order valence-electron chi connectivity index (χ4n) is 2.35. The van der Waals surface area contributed by atoms with Crippen molar-refractivity contribution in [2.24, 2.45) is 0 Å². The van der Waals surface area contributed by atoms with Crippen molar-refractivity contribution >= 4 is 5.91 Å². The van der Waals surface area contributed by atoms with Crippen molar-refractivity contribution in [1.82, 2.24) is 4.90 Å². The molecule has 21 heavy (non-hydrogen) atoms. The molecule has 116 valence electrons. The van der Waals surface area contributed by atoms with Gasteiger partial charge in [-0.25, -0.2) is 0 Å². The van der Waals surface area contributed by atoms with Gasteiger partial charge in [-0.15, -0.1) is 0 Å². The fraction of sp³-hybridized carbons (Fsp3) is 0.562. The number of nitrogens with zero attached hydrogens (tertiary/aromatic N) is 1. The molecular weight excluding hydrogens is 270 g/mol. The number of ether oxygens (including phenoxy) is 3. The van der Waals surface area contributed by atoms with Crippen LogP contribution >= 0.6 is 0 Å². The Morgan fingerprint density at radius 1 is 1.43 bits per heavy atom. The van der Waals surface area contributed by atoms with Crippen LogP contribution < -0.4 is 4.74 Å². The van der Waals surface area contributed by atoms with Gasteiger partial charge in [0, 0.05) is 6.54 Å². The summed E-state index contributed by atoms with van der Waals surface area (Å²) in [6.45, 7) is 5.67. The molecular formula is C16H23NO4. The van der Waals surface area contributed by atoms with E-state index >= 15 is 0 Å². The van der Waals surface area contributed by atoms with E-state index < -0.39 is 0 Å². The molecule has 1 aromatic carbocycles. The molecule has 0 aromatic heterocycles. The summed E-state index contributed by atoms with van der Waals surface area (Å²) in [5, 5.41) is 0. The largest absolute Gasteiger partial charge is 0.497 e. The summed E-state index contributed by atoms with van der Waals surface area (Å²) in [4.78, 5) is 14.0. The second-order valence-corrected chi connectivity index (χ2v) is 5.38. The van der Waals surface area contributed by atoms with Gasteiger partial charge >= 0.3 is 0 Å². The van der Waals surface area contributed by atoms with Crippen LogP contribution in [-0.2, 0) is 20.9 Å². The first-order chi connectivity index (χ1) is 10.1. The summed E-state index contributed by atoms with van der Waals surface area (Å²) in [7, 11) is 1.63. The average molecular weight is 293 g/mol. The lowest BCUT2D eigenvalue weighted by Crippen LogP contribution is -2.51. The summed E-state index contributed by atoms with van der Waals surface area (Å²) in [6, 6.07) is 7.75. The fourth-order valence-corrected chi connectivity index (χ4v) is 2.35. The van der Waals surface area contributed by atoms with Crippen LogP contribution in [0.4, 0.5) is 0 Å². The molecule has 0 spiro atoms. The summed E-state index contributed by atoms with van der Waals surface area (Å²) in [6.07, 6.45) is 0.0866. The first-order valence-electron chi connectivity index (χ1n) is 7.22. The SMILES string of the molecule is COc1cccc(COCC(=O)N2C[C@@H](C)OC[C@@H]2C)c1. The lowest BCUT2D eigenvalue weighted by molar-refractivity contribution is -0.148. The van der Waals surface area contributed by atoms with Gasteiger partial charge in [0.05, 0.1) is 32.5 Å². The maximum absolute atomic E-state index is 12.2. The topological polar surface area (TPSA) is 48.0 Å². The third kappa shape index (κ3) is 4.44. The first kappa shape index (κ1) is 15.8. The van der Waals surface area contributed by atoms with Crippen LogP contribution in [0.15, 0.2) is 24.3 Å². The molecule has 1 amide bonds. The molecule has 1 heterocycles. The van der Waals surface area contributed by atoms with Crippen molar-refractivity contribution < 1.29 is 19.0 Å². The van der Waals surface area contributed by atoms with E-state index in [1.807, 2.05) is 43.0 Å². The maximum Gasteiger partial charge on any atom is 0.248 e. The molecule has 0 unspecified atom stereocenters. The van der Waals surface area contributed by atoms with E-state index in [0.29, 0.717) is 19.8 Å². The standard InChI is InChI=1S/C16H23NO4/c1-12-9-21-13(2)8-17(12)16(18)11-20-10-14-5-4-6-15(7-14)19-3/h4-7,12-13H,8-11H2,1-3H3/t12-,13+/m0/s1. The minimum atomic E-state index is 0.0144. The number of rotatable bonds is 5. The van der Waals surface area contributed by atoms with E-state index in [1.54, 1.807) is 7.11 Å². The minimum absolute atomic E-state index is 0.0144. The summed E-state index contributed by atoms with van der Waals surface area (Å²) >= 11 is 0. The Hall–Kier alpha value is -1.59. The monoisotopic (exact) mass is 293 g/mol. The Morgan fingerprint density at radius 3 is 3.00 bits per heavy atom. The average Bonchev–Trinajstić information content (AvgIpc) is 2.49. The maximum atomic E-state index is 12.2. The van der Waals surface area contributed by atoms with Crippen molar-refractivity contribution in [3.63, 3.8) is 0 Å². The Balaban J connectivity index is 1.80. The first-order valence-corrected chi connectivity index (χ1v) is 7.22. The van der Waals surface area contributed by atoms with Crippen LogP contribution in [-0.4, -0.2) is 49.8 Å². The molecule has 2 rings (SSSR count). The van der Waals surface area contributed by atoms with Crippen molar-refractivity contribution in [1.29, 1.82) is 0 Å². The third-order valence-electron chi connectivity index (χ3n) is 3.56. The summed E-state index contributed by atoms with van der Waals surface area (Å²) in [5.74, 6) is 0.804. The molecule has 0 aliphatic carbocycles. The van der Waals surface area contributed by atoms with Crippen LogP contribution in [0.1, 0.15) is 19.4 Å². The number of morpholine rings is 1. The second-order valence-electron chi connectivity index (χ2n) is 5.38. The molecule has 0 bridgehead atoms. The van der Waals surface area contributed by atoms with Gasteiger partial charge in [-0.05, 0) is 31.5 Å². The van der Waals surface area contributed by atoms with E-state index in [9.17, 15) is 4.79 Å². The minimum Gasteiger partial charge on any atom is -0.497 e. The van der Waals surface area contributed by atoms with Crippen molar-refractivity contribution in [2.45, 2.75) is 32.6 Å². The van der Waals surface area contributed by atoms with Gasteiger partial charge in [-0.1, -0.05) is 12.1 Å². The van der Waals surface area contributed by atoms with Crippen molar-refractivity contribution in [2.75, 3.05) is 26.9 Å². The smallest absolute Gasteiger partial charge is 0.248 e. The lowest BCUT2D eigenvalue weighted by atomic mass is 10.2. The van der Waals surface area contributed by atoms with Gasteiger partial charge in [-0.2, -0.15) is 0 Å². The third-order valence-corrected chi connectivity index (χ3v) is 3.56. The molecule has 5 nitrogen and oxygen atoms in total. The quantitative estimate of drug-likeness (QED) is 0.831. The molecule has 1 saturated heterocycles. The van der Waals surface area contributed by atoms with Crippen LogP contribution in [0.5, 0.6) is 5.75 Å².